The van der Waals surface area contributed by atoms with Gasteiger partial charge in [0.1, 0.15) is 5.75 Å². The maximum atomic E-state index is 8.66. The van der Waals surface area contributed by atoms with Crippen molar-refractivity contribution in [3.63, 3.8) is 0 Å². The lowest BCUT2D eigenvalue weighted by atomic mass is 10.2. The summed E-state index contributed by atoms with van der Waals surface area (Å²) in [5.74, 6) is 0.913. The van der Waals surface area contributed by atoms with E-state index in [9.17, 15) is 0 Å². The smallest absolute Gasteiger partial charge is 0.123 e. The van der Waals surface area contributed by atoms with Crippen molar-refractivity contribution < 1.29 is 9.84 Å². The number of nitrogens with one attached hydrogen (secondary N) is 1. The molecule has 0 heterocycles. The Hall–Kier alpha value is -0.580. The highest BCUT2D eigenvalue weighted by atomic mass is 79.9. The highest BCUT2D eigenvalue weighted by Crippen LogP contribution is 2.22. The molecule has 17 heavy (non-hydrogen) atoms. The van der Waals surface area contributed by atoms with E-state index in [1.807, 2.05) is 12.1 Å². The predicted octanol–water partition coefficient (Wildman–Crippen LogP) is 2.71. The van der Waals surface area contributed by atoms with E-state index >= 15 is 0 Å². The SMILES string of the molecule is COc1ccc(Br)cc1CNCCCCCO. The van der Waals surface area contributed by atoms with Gasteiger partial charge in [-0.2, -0.15) is 0 Å². The molecule has 0 bridgehead atoms. The van der Waals surface area contributed by atoms with Crippen LogP contribution in [0, 0.1) is 0 Å². The Balaban J connectivity index is 2.32. The fourth-order valence-corrected chi connectivity index (χ4v) is 2.06. The van der Waals surface area contributed by atoms with Crippen LogP contribution in [0.2, 0.25) is 0 Å². The van der Waals surface area contributed by atoms with E-state index in [4.69, 9.17) is 9.84 Å². The molecule has 96 valence electrons. The summed E-state index contributed by atoms with van der Waals surface area (Å²) in [4.78, 5) is 0. The van der Waals surface area contributed by atoms with Crippen LogP contribution in [0.3, 0.4) is 0 Å². The lowest BCUT2D eigenvalue weighted by Crippen LogP contribution is -2.15. The lowest BCUT2D eigenvalue weighted by Gasteiger charge is -2.10. The summed E-state index contributed by atoms with van der Waals surface area (Å²) in [6.45, 7) is 2.07. The van der Waals surface area contributed by atoms with Gasteiger partial charge in [0.25, 0.3) is 0 Å². The molecule has 0 spiro atoms. The molecule has 3 nitrogen and oxygen atoms in total. The number of halogens is 1. The molecular weight excluding hydrogens is 282 g/mol. The van der Waals surface area contributed by atoms with Crippen molar-refractivity contribution in [1.29, 1.82) is 0 Å². The van der Waals surface area contributed by atoms with Crippen molar-refractivity contribution in [1.82, 2.24) is 5.32 Å². The summed E-state index contributed by atoms with van der Waals surface area (Å²) < 4.78 is 6.37. The molecule has 2 N–H and O–H groups in total. The molecule has 1 rings (SSSR count). The maximum absolute atomic E-state index is 8.66. The van der Waals surface area contributed by atoms with Crippen molar-refractivity contribution in [2.24, 2.45) is 0 Å². The molecule has 0 saturated carbocycles. The van der Waals surface area contributed by atoms with Crippen LogP contribution in [0.25, 0.3) is 0 Å². The number of rotatable bonds is 8. The molecule has 0 aliphatic carbocycles. The van der Waals surface area contributed by atoms with Crippen molar-refractivity contribution >= 4 is 15.9 Å². The first-order valence-corrected chi connectivity index (χ1v) is 6.71. The Bertz CT molecular complexity index is 331. The van der Waals surface area contributed by atoms with Crippen LogP contribution in [0.1, 0.15) is 24.8 Å². The third-order valence-electron chi connectivity index (χ3n) is 2.57. The van der Waals surface area contributed by atoms with E-state index in [-0.39, 0.29) is 0 Å². The number of unbranched alkanes of at least 4 members (excludes halogenated alkanes) is 2. The van der Waals surface area contributed by atoms with Crippen LogP contribution in [-0.4, -0.2) is 25.4 Å². The van der Waals surface area contributed by atoms with E-state index < -0.39 is 0 Å². The van der Waals surface area contributed by atoms with Gasteiger partial charge in [0.05, 0.1) is 7.11 Å². The minimum atomic E-state index is 0.291. The molecule has 0 amide bonds. The number of hydrogen-bond acceptors (Lipinski definition) is 3. The molecule has 0 aliphatic heterocycles. The first-order valence-electron chi connectivity index (χ1n) is 5.92. The third-order valence-corrected chi connectivity index (χ3v) is 3.06. The molecule has 0 radical (unpaired) electrons. The summed E-state index contributed by atoms with van der Waals surface area (Å²) in [7, 11) is 1.69. The lowest BCUT2D eigenvalue weighted by molar-refractivity contribution is 0.283. The van der Waals surface area contributed by atoms with Crippen LogP contribution < -0.4 is 10.1 Å². The number of ether oxygens (including phenoxy) is 1. The molecule has 0 unspecified atom stereocenters. The molecule has 4 heteroatoms. The maximum Gasteiger partial charge on any atom is 0.123 e. The van der Waals surface area contributed by atoms with Gasteiger partial charge in [-0.1, -0.05) is 15.9 Å². The van der Waals surface area contributed by atoms with Crippen molar-refractivity contribution in [2.75, 3.05) is 20.3 Å². The Labute approximate surface area is 111 Å². The zero-order valence-corrected chi connectivity index (χ0v) is 11.8. The van der Waals surface area contributed by atoms with Crippen LogP contribution >= 0.6 is 15.9 Å². The topological polar surface area (TPSA) is 41.5 Å². The van der Waals surface area contributed by atoms with Crippen LogP contribution in [0.5, 0.6) is 5.75 Å². The zero-order valence-electron chi connectivity index (χ0n) is 10.2. The molecule has 0 aliphatic rings. The monoisotopic (exact) mass is 301 g/mol. The van der Waals surface area contributed by atoms with Gasteiger partial charge in [0.15, 0.2) is 0 Å². The average Bonchev–Trinajstić information content (AvgIpc) is 2.34. The van der Waals surface area contributed by atoms with Gasteiger partial charge < -0.3 is 15.2 Å². The van der Waals surface area contributed by atoms with Crippen molar-refractivity contribution in [3.8, 4) is 5.75 Å². The highest BCUT2D eigenvalue weighted by Gasteiger charge is 2.02. The Morgan fingerprint density at radius 2 is 2.12 bits per heavy atom. The molecule has 0 atom stereocenters. The molecule has 0 fully saturated rings. The van der Waals surface area contributed by atoms with Gasteiger partial charge in [0, 0.05) is 23.2 Å². The number of hydrogen-bond donors (Lipinski definition) is 2. The van der Waals surface area contributed by atoms with E-state index in [0.717, 1.165) is 48.1 Å². The van der Waals surface area contributed by atoms with E-state index in [1.54, 1.807) is 7.11 Å². The number of aliphatic hydroxyl groups excluding tert-OH is 1. The molecule has 0 aromatic heterocycles. The summed E-state index contributed by atoms with van der Waals surface area (Å²) >= 11 is 3.46. The zero-order chi connectivity index (χ0) is 12.5. The van der Waals surface area contributed by atoms with Gasteiger partial charge in [-0.3, -0.25) is 0 Å². The van der Waals surface area contributed by atoms with Gasteiger partial charge >= 0.3 is 0 Å². The summed E-state index contributed by atoms with van der Waals surface area (Å²) in [5, 5.41) is 12.0. The fraction of sp³-hybridized carbons (Fsp3) is 0.538. The molecule has 1 aromatic carbocycles. The number of aliphatic hydroxyl groups is 1. The number of methoxy groups -OCH3 is 1. The second-order valence-corrected chi connectivity index (χ2v) is 4.83. The van der Waals surface area contributed by atoms with Gasteiger partial charge in [-0.05, 0) is 44.0 Å². The quantitative estimate of drug-likeness (QED) is 0.726. The van der Waals surface area contributed by atoms with Gasteiger partial charge in [0.2, 0.25) is 0 Å². The Morgan fingerprint density at radius 1 is 1.29 bits per heavy atom. The predicted molar refractivity (Wildman–Crippen MR) is 73.3 cm³/mol. The number of benzene rings is 1. The summed E-state index contributed by atoms with van der Waals surface area (Å²) in [6, 6.07) is 6.01. The largest absolute Gasteiger partial charge is 0.496 e. The van der Waals surface area contributed by atoms with E-state index in [2.05, 4.69) is 27.3 Å². The molecule has 1 aromatic rings. The molecule has 0 saturated heterocycles. The van der Waals surface area contributed by atoms with Crippen molar-refractivity contribution in [3.05, 3.63) is 28.2 Å². The standard InChI is InChI=1S/C13H20BrNO2/c1-17-13-6-5-12(14)9-11(13)10-15-7-3-2-4-8-16/h5-6,9,15-16H,2-4,7-8,10H2,1H3. The summed E-state index contributed by atoms with van der Waals surface area (Å²) in [6.07, 6.45) is 3.05. The average molecular weight is 302 g/mol. The van der Waals surface area contributed by atoms with Crippen LogP contribution in [0.4, 0.5) is 0 Å². The molecular formula is C13H20BrNO2. The second kappa shape index (κ2) is 8.50. The van der Waals surface area contributed by atoms with Crippen LogP contribution in [-0.2, 0) is 6.54 Å². The van der Waals surface area contributed by atoms with E-state index in [1.165, 1.54) is 0 Å². The van der Waals surface area contributed by atoms with Gasteiger partial charge in [-0.25, -0.2) is 0 Å². The highest BCUT2D eigenvalue weighted by molar-refractivity contribution is 9.10. The third kappa shape index (κ3) is 5.52. The first-order chi connectivity index (χ1) is 8.27. The Kier molecular flexibility index (Phi) is 7.24. The normalized spacial score (nSPS) is 10.5. The fourth-order valence-electron chi connectivity index (χ4n) is 1.65. The van der Waals surface area contributed by atoms with Crippen molar-refractivity contribution in [2.45, 2.75) is 25.8 Å². The minimum absolute atomic E-state index is 0.291. The Morgan fingerprint density at radius 3 is 2.82 bits per heavy atom. The van der Waals surface area contributed by atoms with E-state index in [0.29, 0.717) is 6.61 Å². The van der Waals surface area contributed by atoms with Crippen LogP contribution in [0.15, 0.2) is 22.7 Å². The first kappa shape index (κ1) is 14.5. The minimum Gasteiger partial charge on any atom is -0.496 e. The summed E-state index contributed by atoms with van der Waals surface area (Å²) in [5.41, 5.74) is 1.16. The second-order valence-electron chi connectivity index (χ2n) is 3.92. The van der Waals surface area contributed by atoms with Gasteiger partial charge in [-0.15, -0.1) is 0 Å².